The molecule has 82 valence electrons. The van der Waals surface area contributed by atoms with E-state index in [2.05, 4.69) is 15.1 Å². The summed E-state index contributed by atoms with van der Waals surface area (Å²) < 4.78 is 0.312. The van der Waals surface area contributed by atoms with Gasteiger partial charge in [0, 0.05) is 26.2 Å². The average molecular weight is 247 g/mol. The molecule has 1 amide bonds. The fourth-order valence-corrected chi connectivity index (χ4v) is 2.23. The van der Waals surface area contributed by atoms with Crippen molar-refractivity contribution in [2.45, 2.75) is 0 Å². The first kappa shape index (κ1) is 10.8. The molecule has 15 heavy (non-hydrogen) atoms. The number of nitrogens with zero attached hydrogens (tertiary/aromatic N) is 4. The number of rotatable bonds is 1. The minimum atomic E-state index is -0.0625. The molecular formula is C8H11ClN4OS. The lowest BCUT2D eigenvalue weighted by Gasteiger charge is -2.31. The molecule has 0 bridgehead atoms. The second-order valence-electron chi connectivity index (χ2n) is 3.46. The van der Waals surface area contributed by atoms with Crippen LogP contribution in [-0.4, -0.2) is 59.1 Å². The molecule has 0 atom stereocenters. The van der Waals surface area contributed by atoms with Gasteiger partial charge in [-0.15, -0.1) is 10.2 Å². The van der Waals surface area contributed by atoms with E-state index < -0.39 is 0 Å². The minimum Gasteiger partial charge on any atom is -0.334 e. The van der Waals surface area contributed by atoms with Gasteiger partial charge in [0.1, 0.15) is 0 Å². The van der Waals surface area contributed by atoms with E-state index in [0.717, 1.165) is 37.5 Å². The number of aromatic nitrogens is 2. The third kappa shape index (κ3) is 2.45. The van der Waals surface area contributed by atoms with Gasteiger partial charge < -0.3 is 9.80 Å². The van der Waals surface area contributed by atoms with E-state index in [1.165, 1.54) is 0 Å². The number of carbonyl (C=O) groups excluding carboxylic acids is 1. The van der Waals surface area contributed by atoms with Crippen LogP contribution in [0.4, 0.5) is 0 Å². The van der Waals surface area contributed by atoms with Crippen molar-refractivity contribution in [2.75, 3.05) is 33.2 Å². The number of carbonyl (C=O) groups is 1. The predicted octanol–water partition coefficient (Wildman–Crippen LogP) is 0.579. The Morgan fingerprint density at radius 3 is 2.53 bits per heavy atom. The number of halogens is 1. The van der Waals surface area contributed by atoms with Crippen molar-refractivity contribution in [1.29, 1.82) is 0 Å². The van der Waals surface area contributed by atoms with Gasteiger partial charge in [-0.3, -0.25) is 4.79 Å². The number of hydrogen-bond acceptors (Lipinski definition) is 5. The van der Waals surface area contributed by atoms with Crippen LogP contribution in [0, 0.1) is 0 Å². The van der Waals surface area contributed by atoms with Crippen molar-refractivity contribution in [3.63, 3.8) is 0 Å². The summed E-state index contributed by atoms with van der Waals surface area (Å²) in [7, 11) is 2.05. The zero-order chi connectivity index (χ0) is 10.8. The molecule has 2 heterocycles. The Kier molecular flexibility index (Phi) is 3.18. The van der Waals surface area contributed by atoms with Crippen molar-refractivity contribution >= 4 is 28.8 Å². The molecule has 0 radical (unpaired) electrons. The van der Waals surface area contributed by atoms with Crippen LogP contribution in [0.25, 0.3) is 0 Å². The van der Waals surface area contributed by atoms with Gasteiger partial charge in [-0.05, 0) is 18.6 Å². The zero-order valence-corrected chi connectivity index (χ0v) is 9.88. The summed E-state index contributed by atoms with van der Waals surface area (Å²) in [5.41, 5.74) is 0. The molecule has 0 unspecified atom stereocenters. The van der Waals surface area contributed by atoms with Gasteiger partial charge in [0.05, 0.1) is 0 Å². The molecule has 1 aliphatic heterocycles. The minimum absolute atomic E-state index is 0.0625. The molecule has 1 aromatic heterocycles. The molecule has 2 rings (SSSR count). The van der Waals surface area contributed by atoms with Crippen LogP contribution >= 0.6 is 22.9 Å². The average Bonchev–Trinajstić information content (AvgIpc) is 2.65. The Labute approximate surface area is 96.6 Å². The molecule has 0 aromatic carbocycles. The van der Waals surface area contributed by atoms with Crippen LogP contribution in [0.3, 0.4) is 0 Å². The highest BCUT2D eigenvalue weighted by Gasteiger charge is 2.23. The molecule has 0 N–H and O–H groups in total. The first-order valence-corrected chi connectivity index (χ1v) is 5.83. The number of amides is 1. The third-order valence-corrected chi connectivity index (χ3v) is 3.38. The van der Waals surface area contributed by atoms with Gasteiger partial charge in [-0.1, -0.05) is 11.3 Å². The van der Waals surface area contributed by atoms with Crippen LogP contribution in [-0.2, 0) is 0 Å². The molecular weight excluding hydrogens is 236 g/mol. The Morgan fingerprint density at radius 1 is 1.33 bits per heavy atom. The van der Waals surface area contributed by atoms with Crippen LogP contribution in [0.1, 0.15) is 9.80 Å². The third-order valence-electron chi connectivity index (χ3n) is 2.37. The van der Waals surface area contributed by atoms with Gasteiger partial charge >= 0.3 is 0 Å². The summed E-state index contributed by atoms with van der Waals surface area (Å²) in [6.07, 6.45) is 0. The van der Waals surface area contributed by atoms with E-state index in [1.54, 1.807) is 4.90 Å². The van der Waals surface area contributed by atoms with E-state index in [9.17, 15) is 4.79 Å². The van der Waals surface area contributed by atoms with Crippen LogP contribution in [0.2, 0.25) is 4.47 Å². The Morgan fingerprint density at radius 2 is 2.00 bits per heavy atom. The molecule has 1 saturated heterocycles. The topological polar surface area (TPSA) is 49.3 Å². The van der Waals surface area contributed by atoms with Crippen LogP contribution in [0.15, 0.2) is 0 Å². The monoisotopic (exact) mass is 246 g/mol. The first-order valence-electron chi connectivity index (χ1n) is 4.63. The highest BCUT2D eigenvalue weighted by molar-refractivity contribution is 7.17. The SMILES string of the molecule is CN1CCN(C(=O)c2nnc(Cl)s2)CC1. The molecule has 7 heteroatoms. The molecule has 1 aromatic rings. The van der Waals surface area contributed by atoms with E-state index in [-0.39, 0.29) is 5.91 Å². The van der Waals surface area contributed by atoms with Gasteiger partial charge in [-0.25, -0.2) is 0 Å². The first-order chi connectivity index (χ1) is 7.16. The zero-order valence-electron chi connectivity index (χ0n) is 8.31. The summed E-state index contributed by atoms with van der Waals surface area (Å²) in [5, 5.41) is 7.74. The maximum absolute atomic E-state index is 11.9. The number of likely N-dealkylation sites (N-methyl/N-ethyl adjacent to an activating group) is 1. The summed E-state index contributed by atoms with van der Waals surface area (Å²) in [6.45, 7) is 3.29. The lowest BCUT2D eigenvalue weighted by atomic mass is 10.3. The molecule has 0 spiro atoms. The second-order valence-corrected chi connectivity index (χ2v) is 5.02. The molecule has 5 nitrogen and oxygen atoms in total. The highest BCUT2D eigenvalue weighted by Crippen LogP contribution is 2.17. The fraction of sp³-hybridized carbons (Fsp3) is 0.625. The Balaban J connectivity index is 2.02. The van der Waals surface area contributed by atoms with E-state index >= 15 is 0 Å². The Bertz CT molecular complexity index is 361. The van der Waals surface area contributed by atoms with Gasteiger partial charge in [0.15, 0.2) is 0 Å². The van der Waals surface area contributed by atoms with Crippen molar-refractivity contribution in [3.05, 3.63) is 9.47 Å². The molecule has 0 saturated carbocycles. The highest BCUT2D eigenvalue weighted by atomic mass is 35.5. The summed E-state index contributed by atoms with van der Waals surface area (Å²) in [5.74, 6) is -0.0625. The Hall–Kier alpha value is -0.720. The van der Waals surface area contributed by atoms with Gasteiger partial charge in [0.25, 0.3) is 5.91 Å². The summed E-state index contributed by atoms with van der Waals surface area (Å²) in [6, 6.07) is 0. The van der Waals surface area contributed by atoms with Crippen molar-refractivity contribution in [3.8, 4) is 0 Å². The predicted molar refractivity (Wildman–Crippen MR) is 58.3 cm³/mol. The fourth-order valence-electron chi connectivity index (χ4n) is 1.44. The molecule has 0 aliphatic carbocycles. The quantitative estimate of drug-likeness (QED) is 0.727. The van der Waals surface area contributed by atoms with E-state index in [0.29, 0.717) is 9.47 Å². The largest absolute Gasteiger partial charge is 0.334 e. The van der Waals surface area contributed by atoms with Crippen LogP contribution < -0.4 is 0 Å². The maximum atomic E-state index is 11.9. The van der Waals surface area contributed by atoms with Gasteiger partial charge in [-0.2, -0.15) is 0 Å². The summed E-state index contributed by atoms with van der Waals surface area (Å²) in [4.78, 5) is 15.9. The number of piperazine rings is 1. The van der Waals surface area contributed by atoms with Crippen LogP contribution in [0.5, 0.6) is 0 Å². The van der Waals surface area contributed by atoms with Crippen molar-refractivity contribution in [1.82, 2.24) is 20.0 Å². The normalized spacial score (nSPS) is 18.1. The van der Waals surface area contributed by atoms with Crippen molar-refractivity contribution < 1.29 is 4.79 Å². The van der Waals surface area contributed by atoms with Gasteiger partial charge in [0.2, 0.25) is 9.47 Å². The lowest BCUT2D eigenvalue weighted by molar-refractivity contribution is 0.0663. The summed E-state index contributed by atoms with van der Waals surface area (Å²) >= 11 is 6.76. The molecule has 1 aliphatic rings. The second kappa shape index (κ2) is 4.42. The van der Waals surface area contributed by atoms with Crippen molar-refractivity contribution in [2.24, 2.45) is 0 Å². The van der Waals surface area contributed by atoms with E-state index in [4.69, 9.17) is 11.6 Å². The lowest BCUT2D eigenvalue weighted by Crippen LogP contribution is -2.47. The van der Waals surface area contributed by atoms with E-state index in [1.807, 2.05) is 7.05 Å². The maximum Gasteiger partial charge on any atom is 0.284 e. The number of hydrogen-bond donors (Lipinski definition) is 0. The molecule has 1 fully saturated rings. The standard InChI is InChI=1S/C8H11ClN4OS/c1-12-2-4-13(5-3-12)7(14)6-10-11-8(9)15-6/h2-5H2,1H3. The smallest absolute Gasteiger partial charge is 0.284 e.